The molecule has 0 spiro atoms. The molecule has 1 aliphatic heterocycles. The monoisotopic (exact) mass is 332 g/mol. The topological polar surface area (TPSA) is 61.4 Å². The Balaban J connectivity index is 1.47. The number of nitrogens with one attached hydrogen (secondary N) is 3. The second-order valence-corrected chi connectivity index (χ2v) is 6.12. The Hall–Kier alpha value is -2.08. The Labute approximate surface area is 141 Å². The summed E-state index contributed by atoms with van der Waals surface area (Å²) in [5.74, 6) is 0.568. The highest BCUT2D eigenvalue weighted by atomic mass is 19.1. The van der Waals surface area contributed by atoms with E-state index in [2.05, 4.69) is 20.6 Å². The van der Waals surface area contributed by atoms with Crippen LogP contribution in [-0.4, -0.2) is 43.8 Å². The number of aliphatic imine (C=N–C) groups is 1. The molecule has 5 nitrogen and oxygen atoms in total. The van der Waals surface area contributed by atoms with Crippen molar-refractivity contribution in [3.63, 3.8) is 0 Å². The molecule has 1 aromatic carbocycles. The van der Waals surface area contributed by atoms with Crippen molar-refractivity contribution in [3.05, 3.63) is 35.8 Å². The van der Waals surface area contributed by atoms with Gasteiger partial charge in [0.25, 0.3) is 0 Å². The van der Waals surface area contributed by atoms with E-state index in [1.807, 2.05) is 12.3 Å². The van der Waals surface area contributed by atoms with E-state index in [9.17, 15) is 4.39 Å². The number of aromatic amines is 1. The first-order valence-corrected chi connectivity index (χ1v) is 8.58. The zero-order chi connectivity index (χ0) is 16.8. The SMILES string of the molecule is CN=C(NCCc1c[nH]c2cc(F)ccc12)NCC1CCCCO1. The predicted molar refractivity (Wildman–Crippen MR) is 94.9 cm³/mol. The smallest absolute Gasteiger partial charge is 0.191 e. The second-order valence-electron chi connectivity index (χ2n) is 6.12. The molecule has 0 aliphatic carbocycles. The third-order valence-electron chi connectivity index (χ3n) is 4.41. The van der Waals surface area contributed by atoms with Gasteiger partial charge in [-0.25, -0.2) is 4.39 Å². The first kappa shape index (κ1) is 16.8. The van der Waals surface area contributed by atoms with Gasteiger partial charge in [0, 0.05) is 43.8 Å². The van der Waals surface area contributed by atoms with Crippen LogP contribution in [0.2, 0.25) is 0 Å². The Morgan fingerprint density at radius 1 is 1.38 bits per heavy atom. The van der Waals surface area contributed by atoms with Crippen LogP contribution in [0.25, 0.3) is 10.9 Å². The van der Waals surface area contributed by atoms with Gasteiger partial charge in [0.15, 0.2) is 5.96 Å². The Bertz CT molecular complexity index is 691. The number of halogens is 1. The Kier molecular flexibility index (Phi) is 5.69. The normalized spacial score (nSPS) is 18.8. The Morgan fingerprint density at radius 3 is 3.08 bits per heavy atom. The molecule has 3 N–H and O–H groups in total. The first-order chi connectivity index (χ1) is 11.8. The van der Waals surface area contributed by atoms with Gasteiger partial charge >= 0.3 is 0 Å². The van der Waals surface area contributed by atoms with Crippen molar-refractivity contribution in [1.29, 1.82) is 0 Å². The predicted octanol–water partition coefficient (Wildman–Crippen LogP) is 2.58. The van der Waals surface area contributed by atoms with Gasteiger partial charge in [0.05, 0.1) is 6.10 Å². The van der Waals surface area contributed by atoms with Crippen LogP contribution in [0.4, 0.5) is 4.39 Å². The maximum Gasteiger partial charge on any atom is 0.191 e. The summed E-state index contributed by atoms with van der Waals surface area (Å²) < 4.78 is 18.9. The third-order valence-corrected chi connectivity index (χ3v) is 4.41. The van der Waals surface area contributed by atoms with Gasteiger partial charge in [-0.05, 0) is 49.4 Å². The maximum atomic E-state index is 13.2. The molecule has 0 bridgehead atoms. The molecule has 1 saturated heterocycles. The zero-order valence-corrected chi connectivity index (χ0v) is 14.1. The van der Waals surface area contributed by atoms with Crippen LogP contribution < -0.4 is 10.6 Å². The number of benzene rings is 1. The van der Waals surface area contributed by atoms with Crippen LogP contribution in [0, 0.1) is 5.82 Å². The summed E-state index contributed by atoms with van der Waals surface area (Å²) in [7, 11) is 1.77. The van der Waals surface area contributed by atoms with Gasteiger partial charge in [-0.3, -0.25) is 4.99 Å². The summed E-state index contributed by atoms with van der Waals surface area (Å²) in [5, 5.41) is 7.71. The number of hydrogen-bond donors (Lipinski definition) is 3. The molecule has 0 amide bonds. The van der Waals surface area contributed by atoms with Gasteiger partial charge in [-0.1, -0.05) is 0 Å². The van der Waals surface area contributed by atoms with Gasteiger partial charge in [0.2, 0.25) is 0 Å². The second kappa shape index (κ2) is 8.15. The summed E-state index contributed by atoms with van der Waals surface area (Å²) in [6, 6.07) is 4.85. The van der Waals surface area contributed by atoms with E-state index in [0.717, 1.165) is 55.8 Å². The van der Waals surface area contributed by atoms with Crippen LogP contribution in [0.3, 0.4) is 0 Å². The summed E-state index contributed by atoms with van der Waals surface area (Å²) in [5.41, 5.74) is 2.01. The lowest BCUT2D eigenvalue weighted by atomic mass is 10.1. The molecule has 0 saturated carbocycles. The van der Waals surface area contributed by atoms with Crippen LogP contribution in [0.1, 0.15) is 24.8 Å². The van der Waals surface area contributed by atoms with Crippen LogP contribution in [0.5, 0.6) is 0 Å². The van der Waals surface area contributed by atoms with E-state index in [1.165, 1.54) is 24.1 Å². The van der Waals surface area contributed by atoms with E-state index < -0.39 is 0 Å². The summed E-state index contributed by atoms with van der Waals surface area (Å²) in [4.78, 5) is 7.37. The quantitative estimate of drug-likeness (QED) is 0.582. The number of rotatable bonds is 5. The first-order valence-electron chi connectivity index (χ1n) is 8.58. The van der Waals surface area contributed by atoms with E-state index >= 15 is 0 Å². The number of fused-ring (bicyclic) bond motifs is 1. The van der Waals surface area contributed by atoms with E-state index in [1.54, 1.807) is 7.05 Å². The fraction of sp³-hybridized carbons (Fsp3) is 0.500. The van der Waals surface area contributed by atoms with Gasteiger partial charge < -0.3 is 20.4 Å². The minimum absolute atomic E-state index is 0.219. The molecule has 130 valence electrons. The number of hydrogen-bond acceptors (Lipinski definition) is 2. The lowest BCUT2D eigenvalue weighted by molar-refractivity contribution is 0.0194. The van der Waals surface area contributed by atoms with Crippen molar-refractivity contribution in [1.82, 2.24) is 15.6 Å². The van der Waals surface area contributed by atoms with Crippen LogP contribution in [0.15, 0.2) is 29.4 Å². The van der Waals surface area contributed by atoms with Crippen molar-refractivity contribution in [2.24, 2.45) is 4.99 Å². The molecular weight excluding hydrogens is 307 g/mol. The number of nitrogens with zero attached hydrogens (tertiary/aromatic N) is 1. The van der Waals surface area contributed by atoms with Crippen LogP contribution in [-0.2, 0) is 11.2 Å². The molecule has 1 unspecified atom stereocenters. The summed E-state index contributed by atoms with van der Waals surface area (Å²) >= 11 is 0. The van der Waals surface area contributed by atoms with Crippen molar-refractivity contribution >= 4 is 16.9 Å². The van der Waals surface area contributed by atoms with Crippen molar-refractivity contribution < 1.29 is 9.13 Å². The number of guanidine groups is 1. The van der Waals surface area contributed by atoms with E-state index in [0.29, 0.717) is 0 Å². The molecule has 2 aromatic rings. The molecule has 2 heterocycles. The number of ether oxygens (including phenoxy) is 1. The summed E-state index contributed by atoms with van der Waals surface area (Å²) in [6.45, 7) is 2.40. The molecule has 1 atom stereocenters. The average Bonchev–Trinajstić information content (AvgIpc) is 3.01. The molecule has 3 rings (SSSR count). The largest absolute Gasteiger partial charge is 0.376 e. The van der Waals surface area contributed by atoms with E-state index in [-0.39, 0.29) is 11.9 Å². The molecule has 1 fully saturated rings. The van der Waals surface area contributed by atoms with Crippen molar-refractivity contribution in [3.8, 4) is 0 Å². The van der Waals surface area contributed by atoms with Crippen molar-refractivity contribution in [2.45, 2.75) is 31.8 Å². The highest BCUT2D eigenvalue weighted by Crippen LogP contribution is 2.19. The number of H-pyrrole nitrogens is 1. The fourth-order valence-corrected chi connectivity index (χ4v) is 3.08. The van der Waals surface area contributed by atoms with Gasteiger partial charge in [0.1, 0.15) is 5.82 Å². The number of aromatic nitrogens is 1. The molecule has 1 aliphatic rings. The fourth-order valence-electron chi connectivity index (χ4n) is 3.08. The maximum absolute atomic E-state index is 13.2. The summed E-state index contributed by atoms with van der Waals surface area (Å²) in [6.07, 6.45) is 6.57. The standard InChI is InChI=1S/C18H25FN4O/c1-20-18(23-12-15-4-2-3-9-24-15)21-8-7-13-11-22-17-10-14(19)5-6-16(13)17/h5-6,10-11,15,22H,2-4,7-9,12H2,1H3,(H2,20,21,23). The minimum Gasteiger partial charge on any atom is -0.376 e. The third kappa shape index (κ3) is 4.26. The lowest BCUT2D eigenvalue weighted by Crippen LogP contribution is -2.43. The van der Waals surface area contributed by atoms with Crippen LogP contribution >= 0.6 is 0 Å². The molecular formula is C18H25FN4O. The van der Waals surface area contributed by atoms with Gasteiger partial charge in [-0.15, -0.1) is 0 Å². The van der Waals surface area contributed by atoms with E-state index in [4.69, 9.17) is 4.74 Å². The zero-order valence-electron chi connectivity index (χ0n) is 14.1. The highest BCUT2D eigenvalue weighted by molar-refractivity contribution is 5.83. The lowest BCUT2D eigenvalue weighted by Gasteiger charge is -2.23. The molecule has 6 heteroatoms. The van der Waals surface area contributed by atoms with Crippen molar-refractivity contribution in [2.75, 3.05) is 26.7 Å². The highest BCUT2D eigenvalue weighted by Gasteiger charge is 2.14. The molecule has 1 aromatic heterocycles. The van der Waals surface area contributed by atoms with Gasteiger partial charge in [-0.2, -0.15) is 0 Å². The molecule has 0 radical (unpaired) electrons. The Morgan fingerprint density at radius 2 is 2.29 bits per heavy atom. The average molecular weight is 332 g/mol. The molecule has 24 heavy (non-hydrogen) atoms. The minimum atomic E-state index is -0.219.